The molecule has 2 aromatic heterocycles. The fourth-order valence-corrected chi connectivity index (χ4v) is 5.15. The Morgan fingerprint density at radius 3 is 2.69 bits per heavy atom. The molecule has 0 unspecified atom stereocenters. The van der Waals surface area contributed by atoms with Crippen molar-refractivity contribution in [2.24, 2.45) is 7.05 Å². The van der Waals surface area contributed by atoms with Crippen LogP contribution < -0.4 is 4.74 Å². The summed E-state index contributed by atoms with van der Waals surface area (Å²) < 4.78 is 34.3. The second-order valence-corrected chi connectivity index (χ2v) is 9.57. The molecule has 0 aliphatic carbocycles. The Balaban J connectivity index is 1.47. The van der Waals surface area contributed by atoms with E-state index in [0.29, 0.717) is 42.5 Å². The maximum atomic E-state index is 13.0. The van der Waals surface area contributed by atoms with Crippen molar-refractivity contribution in [3.8, 4) is 17.0 Å². The molecule has 1 N–H and O–H groups in total. The smallest absolute Gasteiger partial charge is 0.271 e. The first-order chi connectivity index (χ1) is 15.3. The predicted molar refractivity (Wildman–Crippen MR) is 118 cm³/mol. The molecular weight excluding hydrogens is 432 g/mol. The van der Waals surface area contributed by atoms with Gasteiger partial charge in [0, 0.05) is 45.0 Å². The highest BCUT2D eigenvalue weighted by Gasteiger charge is 2.31. The molecule has 3 heterocycles. The van der Waals surface area contributed by atoms with Gasteiger partial charge in [0.1, 0.15) is 17.3 Å². The number of imidazole rings is 1. The molecule has 32 heavy (non-hydrogen) atoms. The van der Waals surface area contributed by atoms with Crippen LogP contribution in [0.4, 0.5) is 0 Å². The molecule has 1 aliphatic rings. The molecule has 1 amide bonds. The summed E-state index contributed by atoms with van der Waals surface area (Å²) in [6, 6.07) is 9.13. The second kappa shape index (κ2) is 8.75. The number of ether oxygens (including phenoxy) is 1. The van der Waals surface area contributed by atoms with E-state index in [9.17, 15) is 13.2 Å². The van der Waals surface area contributed by atoms with E-state index in [-0.39, 0.29) is 24.0 Å². The van der Waals surface area contributed by atoms with E-state index in [0.717, 1.165) is 5.56 Å². The van der Waals surface area contributed by atoms with E-state index in [1.54, 1.807) is 36.6 Å². The lowest BCUT2D eigenvalue weighted by molar-refractivity contribution is 0.0758. The minimum atomic E-state index is -3.71. The molecule has 10 nitrogen and oxygen atoms in total. The first-order valence-corrected chi connectivity index (χ1v) is 11.7. The lowest BCUT2D eigenvalue weighted by atomic mass is 10.1. The molecule has 0 spiro atoms. The van der Waals surface area contributed by atoms with Gasteiger partial charge >= 0.3 is 0 Å². The molecule has 170 valence electrons. The van der Waals surface area contributed by atoms with E-state index in [4.69, 9.17) is 4.74 Å². The van der Waals surface area contributed by atoms with Crippen LogP contribution in [-0.2, 0) is 17.1 Å². The van der Waals surface area contributed by atoms with E-state index in [2.05, 4.69) is 15.2 Å². The van der Waals surface area contributed by atoms with E-state index >= 15 is 0 Å². The Hall–Kier alpha value is -3.18. The number of rotatable bonds is 5. The Bertz CT molecular complexity index is 1210. The molecule has 0 bridgehead atoms. The fourth-order valence-electron chi connectivity index (χ4n) is 3.65. The van der Waals surface area contributed by atoms with Gasteiger partial charge in [0.05, 0.1) is 12.8 Å². The van der Waals surface area contributed by atoms with Crippen molar-refractivity contribution in [3.05, 3.63) is 48.0 Å². The molecule has 1 fully saturated rings. The first-order valence-electron chi connectivity index (χ1n) is 10.3. The van der Waals surface area contributed by atoms with Crippen LogP contribution >= 0.6 is 0 Å². The number of hydrogen-bond acceptors (Lipinski definition) is 6. The molecule has 4 rings (SSSR count). The summed E-state index contributed by atoms with van der Waals surface area (Å²) in [5, 5.41) is 7.11. The predicted octanol–water partition coefficient (Wildman–Crippen LogP) is 1.66. The number of H-pyrrole nitrogens is 1. The van der Waals surface area contributed by atoms with Crippen LogP contribution in [0.1, 0.15) is 22.7 Å². The van der Waals surface area contributed by atoms with Crippen LogP contribution in [0, 0.1) is 6.92 Å². The zero-order valence-corrected chi connectivity index (χ0v) is 19.1. The standard InChI is InChI=1S/C21H26N6O4S/c1-15-22-20(14-25(15)2)32(29,30)27-9-5-8-26(10-11-27)21(28)19-13-18(23-24-19)16-6-4-7-17(12-16)31-3/h4,6-7,12-14H,5,8-11H2,1-3H3,(H,23,24). The minimum absolute atomic E-state index is 0.0359. The van der Waals surface area contributed by atoms with Gasteiger partial charge < -0.3 is 14.2 Å². The summed E-state index contributed by atoms with van der Waals surface area (Å²) in [6.45, 7) is 3.05. The van der Waals surface area contributed by atoms with Gasteiger partial charge in [0.2, 0.25) is 0 Å². The number of aromatic amines is 1. The summed E-state index contributed by atoms with van der Waals surface area (Å²) >= 11 is 0. The first kappa shape index (κ1) is 22.0. The van der Waals surface area contributed by atoms with Crippen molar-refractivity contribution in [3.63, 3.8) is 0 Å². The summed E-state index contributed by atoms with van der Waals surface area (Å²) in [5.41, 5.74) is 1.83. The Kier molecular flexibility index (Phi) is 6.02. The summed E-state index contributed by atoms with van der Waals surface area (Å²) in [4.78, 5) is 18.9. The van der Waals surface area contributed by atoms with E-state index < -0.39 is 10.0 Å². The number of amides is 1. The number of carbonyl (C=O) groups is 1. The number of aromatic nitrogens is 4. The molecule has 1 aromatic carbocycles. The lowest BCUT2D eigenvalue weighted by Gasteiger charge is -2.20. The molecule has 1 saturated heterocycles. The van der Waals surface area contributed by atoms with E-state index in [1.165, 1.54) is 10.5 Å². The monoisotopic (exact) mass is 458 g/mol. The SMILES string of the molecule is COc1cccc(-c2cc(C(=O)N3CCCN(S(=O)(=O)c4cn(C)c(C)n4)CC3)[nH]n2)c1. The largest absolute Gasteiger partial charge is 0.497 e. The molecular formula is C21H26N6O4S. The average molecular weight is 459 g/mol. The van der Waals surface area contributed by atoms with Crippen molar-refractivity contribution in [1.29, 1.82) is 0 Å². The highest BCUT2D eigenvalue weighted by molar-refractivity contribution is 7.89. The van der Waals surface area contributed by atoms with Gasteiger partial charge in [0.25, 0.3) is 15.9 Å². The Morgan fingerprint density at radius 1 is 1.16 bits per heavy atom. The zero-order chi connectivity index (χ0) is 22.9. The van der Waals surface area contributed by atoms with Crippen molar-refractivity contribution < 1.29 is 17.9 Å². The number of sulfonamides is 1. The molecule has 0 radical (unpaired) electrons. The van der Waals surface area contributed by atoms with Gasteiger partial charge in [-0.05, 0) is 31.5 Å². The summed E-state index contributed by atoms with van der Waals surface area (Å²) in [5.74, 6) is 1.12. The third-order valence-corrected chi connectivity index (χ3v) is 7.38. The fraction of sp³-hybridized carbons (Fsp3) is 0.381. The maximum absolute atomic E-state index is 13.0. The molecule has 3 aromatic rings. The number of nitrogens with zero attached hydrogens (tertiary/aromatic N) is 5. The van der Waals surface area contributed by atoms with Crippen LogP contribution in [0.15, 0.2) is 41.6 Å². The van der Waals surface area contributed by atoms with Crippen LogP contribution in [0.5, 0.6) is 5.75 Å². The molecule has 1 aliphatic heterocycles. The summed E-state index contributed by atoms with van der Waals surface area (Å²) in [7, 11) is -0.356. The third kappa shape index (κ3) is 4.26. The number of nitrogens with one attached hydrogen (secondary N) is 1. The maximum Gasteiger partial charge on any atom is 0.271 e. The van der Waals surface area contributed by atoms with Crippen molar-refractivity contribution >= 4 is 15.9 Å². The topological polar surface area (TPSA) is 113 Å². The normalized spacial score (nSPS) is 15.5. The van der Waals surface area contributed by atoms with Gasteiger partial charge in [-0.3, -0.25) is 9.89 Å². The zero-order valence-electron chi connectivity index (χ0n) is 18.3. The quantitative estimate of drug-likeness (QED) is 0.622. The number of benzene rings is 1. The second-order valence-electron chi connectivity index (χ2n) is 7.69. The van der Waals surface area contributed by atoms with Crippen molar-refractivity contribution in [1.82, 2.24) is 29.0 Å². The number of methoxy groups -OCH3 is 1. The van der Waals surface area contributed by atoms with Crippen molar-refractivity contribution in [2.45, 2.75) is 18.4 Å². The lowest BCUT2D eigenvalue weighted by Crippen LogP contribution is -2.37. The highest BCUT2D eigenvalue weighted by Crippen LogP contribution is 2.23. The van der Waals surface area contributed by atoms with Gasteiger partial charge in [-0.15, -0.1) is 0 Å². The van der Waals surface area contributed by atoms with Gasteiger partial charge in [0.15, 0.2) is 5.03 Å². The van der Waals surface area contributed by atoms with Crippen LogP contribution in [0.25, 0.3) is 11.3 Å². The molecule has 0 saturated carbocycles. The van der Waals surface area contributed by atoms with Crippen LogP contribution in [-0.4, -0.2) is 76.6 Å². The summed E-state index contributed by atoms with van der Waals surface area (Å²) in [6.07, 6.45) is 2.05. The highest BCUT2D eigenvalue weighted by atomic mass is 32.2. The molecule has 0 atom stereocenters. The van der Waals surface area contributed by atoms with Crippen molar-refractivity contribution in [2.75, 3.05) is 33.3 Å². The number of carbonyl (C=O) groups excluding carboxylic acids is 1. The third-order valence-electron chi connectivity index (χ3n) is 5.61. The Morgan fingerprint density at radius 2 is 1.97 bits per heavy atom. The number of aryl methyl sites for hydroxylation is 2. The Labute approximate surface area is 186 Å². The van der Waals surface area contributed by atoms with Crippen LogP contribution in [0.2, 0.25) is 0 Å². The number of hydrogen-bond donors (Lipinski definition) is 1. The minimum Gasteiger partial charge on any atom is -0.497 e. The van der Waals surface area contributed by atoms with Crippen LogP contribution in [0.3, 0.4) is 0 Å². The van der Waals surface area contributed by atoms with Gasteiger partial charge in [-0.1, -0.05) is 12.1 Å². The van der Waals surface area contributed by atoms with E-state index in [1.807, 2.05) is 24.3 Å². The molecule has 11 heteroatoms. The average Bonchev–Trinajstić information content (AvgIpc) is 3.32. The van der Waals surface area contributed by atoms with Gasteiger partial charge in [-0.2, -0.15) is 9.40 Å². The van der Waals surface area contributed by atoms with Gasteiger partial charge in [-0.25, -0.2) is 13.4 Å².